The molecule has 0 aromatic rings. The number of alkyl halides is 3. The maximum absolute atomic E-state index is 12.1. The quantitative estimate of drug-likeness (QED) is 0.614. The molecule has 1 atom stereocenters. The van der Waals surface area contributed by atoms with Gasteiger partial charge in [0.2, 0.25) is 0 Å². The lowest BCUT2D eigenvalue weighted by molar-refractivity contribution is -0.0527. The summed E-state index contributed by atoms with van der Waals surface area (Å²) in [7, 11) is -5.54. The highest BCUT2D eigenvalue weighted by atomic mass is 32.2. The number of hydrogen-bond donors (Lipinski definition) is 1. The third-order valence-electron chi connectivity index (χ3n) is 2.22. The Hall–Kier alpha value is -0.760. The van der Waals surface area contributed by atoms with E-state index < -0.39 is 15.6 Å². The molecule has 1 N–H and O–H groups in total. The van der Waals surface area contributed by atoms with Crippen LogP contribution < -0.4 is 5.32 Å². The maximum atomic E-state index is 12.1. The van der Waals surface area contributed by atoms with Gasteiger partial charge in [-0.1, -0.05) is 6.92 Å². The molecule has 16 heavy (non-hydrogen) atoms. The number of nitrogens with one attached hydrogen (secondary N) is 1. The minimum Gasteiger partial charge on any atom is -0.381 e. The van der Waals surface area contributed by atoms with Crippen LogP contribution in [0.1, 0.15) is 13.3 Å². The summed E-state index contributed by atoms with van der Waals surface area (Å²) in [6.45, 7) is 2.46. The Morgan fingerprint density at radius 3 is 2.69 bits per heavy atom. The zero-order valence-corrected chi connectivity index (χ0v) is 9.36. The van der Waals surface area contributed by atoms with E-state index in [1.165, 1.54) is 6.08 Å². The van der Waals surface area contributed by atoms with Crippen LogP contribution in [0.25, 0.3) is 0 Å². The van der Waals surface area contributed by atoms with Crippen molar-refractivity contribution in [2.75, 3.05) is 13.1 Å². The molecular formula is C8H12F3NO3S. The topological polar surface area (TPSA) is 55.4 Å². The fourth-order valence-electron chi connectivity index (χ4n) is 1.32. The van der Waals surface area contributed by atoms with E-state index in [0.29, 0.717) is 19.5 Å². The van der Waals surface area contributed by atoms with Crippen LogP contribution in [0.5, 0.6) is 0 Å². The SMILES string of the molecule is CCC1CNCC=C1OS(=O)(=O)C(F)(F)F. The number of hydrogen-bond acceptors (Lipinski definition) is 4. The average Bonchev–Trinajstić information content (AvgIpc) is 2.16. The van der Waals surface area contributed by atoms with Gasteiger partial charge < -0.3 is 9.50 Å². The minimum absolute atomic E-state index is 0.126. The van der Waals surface area contributed by atoms with Crippen molar-refractivity contribution in [1.29, 1.82) is 0 Å². The molecule has 0 saturated heterocycles. The van der Waals surface area contributed by atoms with Crippen molar-refractivity contribution in [3.63, 3.8) is 0 Å². The van der Waals surface area contributed by atoms with Crippen molar-refractivity contribution in [2.24, 2.45) is 5.92 Å². The summed E-state index contributed by atoms with van der Waals surface area (Å²) < 4.78 is 61.9. The van der Waals surface area contributed by atoms with Crippen LogP contribution in [-0.4, -0.2) is 27.0 Å². The fourth-order valence-corrected chi connectivity index (χ4v) is 1.87. The van der Waals surface area contributed by atoms with Crippen LogP contribution in [0, 0.1) is 5.92 Å². The van der Waals surface area contributed by atoms with Crippen LogP contribution in [0.3, 0.4) is 0 Å². The summed E-state index contributed by atoms with van der Waals surface area (Å²) in [6, 6.07) is 0. The van der Waals surface area contributed by atoms with Crippen molar-refractivity contribution in [3.8, 4) is 0 Å². The maximum Gasteiger partial charge on any atom is 0.534 e. The normalized spacial score (nSPS) is 22.8. The Bertz CT molecular complexity index is 374. The van der Waals surface area contributed by atoms with E-state index in [0.717, 1.165) is 0 Å². The van der Waals surface area contributed by atoms with Crippen LogP contribution in [0.4, 0.5) is 13.2 Å². The lowest BCUT2D eigenvalue weighted by atomic mass is 10.0. The first-order chi connectivity index (χ1) is 7.28. The van der Waals surface area contributed by atoms with Gasteiger partial charge in [-0.25, -0.2) is 0 Å². The van der Waals surface area contributed by atoms with Crippen LogP contribution in [0.2, 0.25) is 0 Å². The Balaban J connectivity index is 2.85. The third kappa shape index (κ3) is 2.88. The summed E-state index contributed by atoms with van der Waals surface area (Å²) in [5.74, 6) is -0.468. The molecule has 0 aromatic carbocycles. The zero-order valence-electron chi connectivity index (χ0n) is 8.54. The highest BCUT2D eigenvalue weighted by Crippen LogP contribution is 2.29. The van der Waals surface area contributed by atoms with E-state index in [4.69, 9.17) is 0 Å². The fraction of sp³-hybridized carbons (Fsp3) is 0.750. The van der Waals surface area contributed by atoms with Gasteiger partial charge in [0.15, 0.2) is 0 Å². The molecular weight excluding hydrogens is 247 g/mol. The van der Waals surface area contributed by atoms with Crippen molar-refractivity contribution < 1.29 is 25.8 Å². The summed E-state index contributed by atoms with van der Waals surface area (Å²) >= 11 is 0. The Morgan fingerprint density at radius 1 is 1.56 bits per heavy atom. The van der Waals surface area contributed by atoms with E-state index in [9.17, 15) is 21.6 Å². The molecule has 0 radical (unpaired) electrons. The van der Waals surface area contributed by atoms with E-state index in [1.54, 1.807) is 6.92 Å². The zero-order chi connectivity index (χ0) is 12.4. The second-order valence-corrected chi connectivity index (χ2v) is 4.89. The van der Waals surface area contributed by atoms with Gasteiger partial charge in [0.1, 0.15) is 5.76 Å². The summed E-state index contributed by atoms with van der Waals surface area (Å²) in [6.07, 6.45) is 1.83. The molecule has 0 aliphatic carbocycles. The molecule has 1 aliphatic heterocycles. The van der Waals surface area contributed by atoms with Crippen LogP contribution in [-0.2, 0) is 14.3 Å². The standard InChI is InChI=1S/C8H12F3NO3S/c1-2-6-5-12-4-3-7(6)15-16(13,14)8(9,10)11/h3,6,12H,2,4-5H2,1H3. The molecule has 1 rings (SSSR count). The van der Waals surface area contributed by atoms with Gasteiger partial charge in [-0.3, -0.25) is 0 Å². The molecule has 8 heteroatoms. The molecule has 1 unspecified atom stereocenters. The average molecular weight is 259 g/mol. The van der Waals surface area contributed by atoms with E-state index in [-0.39, 0.29) is 11.7 Å². The number of halogens is 3. The van der Waals surface area contributed by atoms with Gasteiger partial charge in [-0.2, -0.15) is 21.6 Å². The van der Waals surface area contributed by atoms with Crippen molar-refractivity contribution in [1.82, 2.24) is 5.32 Å². The molecule has 0 amide bonds. The smallest absolute Gasteiger partial charge is 0.381 e. The molecule has 0 aromatic heterocycles. The van der Waals surface area contributed by atoms with Crippen molar-refractivity contribution in [2.45, 2.75) is 18.9 Å². The monoisotopic (exact) mass is 259 g/mol. The van der Waals surface area contributed by atoms with Gasteiger partial charge in [0.05, 0.1) is 0 Å². The van der Waals surface area contributed by atoms with Crippen molar-refractivity contribution >= 4 is 10.1 Å². The molecule has 0 fully saturated rings. The second-order valence-electron chi connectivity index (χ2n) is 3.35. The van der Waals surface area contributed by atoms with E-state index in [2.05, 4.69) is 9.50 Å². The van der Waals surface area contributed by atoms with Gasteiger partial charge in [0.25, 0.3) is 0 Å². The summed E-state index contributed by atoms with van der Waals surface area (Å²) in [5, 5.41) is 2.91. The van der Waals surface area contributed by atoms with Crippen molar-refractivity contribution in [3.05, 3.63) is 11.8 Å². The second kappa shape index (κ2) is 4.62. The molecule has 0 saturated carbocycles. The van der Waals surface area contributed by atoms with Gasteiger partial charge >= 0.3 is 15.6 Å². The minimum atomic E-state index is -5.54. The number of rotatable bonds is 3. The predicted molar refractivity (Wildman–Crippen MR) is 50.8 cm³/mol. The lowest BCUT2D eigenvalue weighted by Gasteiger charge is -2.23. The molecule has 1 aliphatic rings. The molecule has 4 nitrogen and oxygen atoms in total. The van der Waals surface area contributed by atoms with Crippen LogP contribution >= 0.6 is 0 Å². The van der Waals surface area contributed by atoms with E-state index >= 15 is 0 Å². The van der Waals surface area contributed by atoms with Gasteiger partial charge in [-0.05, 0) is 12.5 Å². The molecule has 0 spiro atoms. The van der Waals surface area contributed by atoms with Crippen LogP contribution in [0.15, 0.2) is 11.8 Å². The lowest BCUT2D eigenvalue weighted by Crippen LogP contribution is -2.33. The summed E-state index contributed by atoms with van der Waals surface area (Å²) in [4.78, 5) is 0. The Kier molecular flexibility index (Phi) is 3.84. The summed E-state index contributed by atoms with van der Waals surface area (Å²) in [5.41, 5.74) is -5.38. The molecule has 1 heterocycles. The van der Waals surface area contributed by atoms with E-state index in [1.807, 2.05) is 0 Å². The highest BCUT2D eigenvalue weighted by Gasteiger charge is 2.49. The largest absolute Gasteiger partial charge is 0.534 e. The Morgan fingerprint density at radius 2 is 2.19 bits per heavy atom. The first kappa shape index (κ1) is 13.3. The first-order valence-corrected chi connectivity index (χ1v) is 6.10. The van der Waals surface area contributed by atoms with Gasteiger partial charge in [0, 0.05) is 19.0 Å². The Labute approximate surface area is 91.6 Å². The highest BCUT2D eigenvalue weighted by molar-refractivity contribution is 7.87. The third-order valence-corrected chi connectivity index (χ3v) is 3.20. The molecule has 0 bridgehead atoms. The van der Waals surface area contributed by atoms with Gasteiger partial charge in [-0.15, -0.1) is 0 Å². The first-order valence-electron chi connectivity index (χ1n) is 4.69. The predicted octanol–water partition coefficient (Wildman–Crippen LogP) is 1.37. The molecule has 94 valence electrons.